The summed E-state index contributed by atoms with van der Waals surface area (Å²) in [5.41, 5.74) is 1.07. The molecule has 0 heterocycles. The minimum absolute atomic E-state index is 0.0301. The molecule has 0 aromatic heterocycles. The molecule has 0 fully saturated rings. The maximum atomic E-state index is 12.7. The summed E-state index contributed by atoms with van der Waals surface area (Å²) < 4.78 is 12.7. The van der Waals surface area contributed by atoms with Crippen LogP contribution in [-0.4, -0.2) is 25.5 Å². The van der Waals surface area contributed by atoms with Crippen molar-refractivity contribution < 1.29 is 9.18 Å². The van der Waals surface area contributed by atoms with E-state index in [1.807, 2.05) is 0 Å². The van der Waals surface area contributed by atoms with E-state index >= 15 is 0 Å². The monoisotopic (exact) mass is 252 g/mol. The van der Waals surface area contributed by atoms with Crippen molar-refractivity contribution in [3.8, 4) is 0 Å². The maximum Gasteiger partial charge on any atom is 0.233 e. The van der Waals surface area contributed by atoms with Gasteiger partial charge >= 0.3 is 0 Å². The van der Waals surface area contributed by atoms with Crippen LogP contribution in [0.5, 0.6) is 0 Å². The number of hydrogen-bond acceptors (Lipinski definition) is 2. The van der Waals surface area contributed by atoms with E-state index in [0.717, 1.165) is 31.4 Å². The third kappa shape index (κ3) is 6.35. The number of carbonyl (C=O) groups excluding carboxylic acids is 1. The average molecular weight is 252 g/mol. The van der Waals surface area contributed by atoms with Crippen LogP contribution in [0, 0.1) is 5.82 Å². The predicted molar refractivity (Wildman–Crippen MR) is 70.9 cm³/mol. The molecule has 0 bridgehead atoms. The second-order valence-electron chi connectivity index (χ2n) is 4.26. The van der Waals surface area contributed by atoms with Crippen molar-refractivity contribution in [3.05, 3.63) is 35.6 Å². The van der Waals surface area contributed by atoms with E-state index < -0.39 is 0 Å². The van der Waals surface area contributed by atoms with Gasteiger partial charge in [0.2, 0.25) is 5.91 Å². The second kappa shape index (κ2) is 8.64. The van der Waals surface area contributed by atoms with Crippen molar-refractivity contribution in [1.82, 2.24) is 10.6 Å². The molecule has 1 amide bonds. The van der Waals surface area contributed by atoms with Crippen molar-refractivity contribution in [2.45, 2.75) is 26.2 Å². The Morgan fingerprint density at radius 1 is 1.22 bits per heavy atom. The van der Waals surface area contributed by atoms with Crippen molar-refractivity contribution in [1.29, 1.82) is 0 Å². The molecule has 0 spiro atoms. The summed E-state index contributed by atoms with van der Waals surface area (Å²) in [4.78, 5) is 11.4. The molecule has 100 valence electrons. The Morgan fingerprint density at radius 3 is 2.61 bits per heavy atom. The topological polar surface area (TPSA) is 41.1 Å². The van der Waals surface area contributed by atoms with Crippen LogP contribution >= 0.6 is 0 Å². The molecule has 2 N–H and O–H groups in total. The van der Waals surface area contributed by atoms with E-state index in [0.29, 0.717) is 13.1 Å². The van der Waals surface area contributed by atoms with Crippen molar-refractivity contribution in [3.63, 3.8) is 0 Å². The van der Waals surface area contributed by atoms with Gasteiger partial charge in [-0.05, 0) is 37.1 Å². The number of halogens is 1. The van der Waals surface area contributed by atoms with E-state index in [2.05, 4.69) is 17.6 Å². The van der Waals surface area contributed by atoms with E-state index in [1.54, 1.807) is 12.1 Å². The number of hydrogen-bond donors (Lipinski definition) is 2. The highest BCUT2D eigenvalue weighted by Gasteiger charge is 1.99. The standard InChI is InChI=1S/C14H21FN2O/c1-2-3-9-17-14(18)11-16-10-8-12-4-6-13(15)7-5-12/h4-7,16H,2-3,8-11H2,1H3,(H,17,18). The molecular weight excluding hydrogens is 231 g/mol. The summed E-state index contributed by atoms with van der Waals surface area (Å²) in [6.07, 6.45) is 2.89. The lowest BCUT2D eigenvalue weighted by Crippen LogP contribution is -2.35. The third-order valence-corrected chi connectivity index (χ3v) is 2.64. The van der Waals surface area contributed by atoms with Crippen LogP contribution in [0.3, 0.4) is 0 Å². The minimum Gasteiger partial charge on any atom is -0.355 e. The number of benzene rings is 1. The van der Waals surface area contributed by atoms with Gasteiger partial charge in [0.25, 0.3) is 0 Å². The SMILES string of the molecule is CCCCNC(=O)CNCCc1ccc(F)cc1. The number of amides is 1. The van der Waals surface area contributed by atoms with Gasteiger partial charge in [-0.2, -0.15) is 0 Å². The fourth-order valence-electron chi connectivity index (χ4n) is 1.55. The molecule has 0 aliphatic carbocycles. The first-order valence-electron chi connectivity index (χ1n) is 6.44. The molecule has 0 atom stereocenters. The van der Waals surface area contributed by atoms with Crippen LogP contribution in [0.25, 0.3) is 0 Å². The molecule has 0 saturated carbocycles. The number of nitrogens with one attached hydrogen (secondary N) is 2. The third-order valence-electron chi connectivity index (χ3n) is 2.64. The molecule has 1 aromatic carbocycles. The smallest absolute Gasteiger partial charge is 0.233 e. The highest BCUT2D eigenvalue weighted by Crippen LogP contribution is 2.02. The highest BCUT2D eigenvalue weighted by molar-refractivity contribution is 5.77. The lowest BCUT2D eigenvalue weighted by Gasteiger charge is -2.06. The van der Waals surface area contributed by atoms with Crippen LogP contribution in [0.2, 0.25) is 0 Å². The molecule has 3 nitrogen and oxygen atoms in total. The molecule has 0 radical (unpaired) electrons. The van der Waals surface area contributed by atoms with Gasteiger partial charge in [0, 0.05) is 6.54 Å². The van der Waals surface area contributed by atoms with Gasteiger partial charge in [-0.25, -0.2) is 4.39 Å². The van der Waals surface area contributed by atoms with Crippen molar-refractivity contribution in [2.24, 2.45) is 0 Å². The predicted octanol–water partition coefficient (Wildman–Crippen LogP) is 1.87. The minimum atomic E-state index is -0.220. The van der Waals surface area contributed by atoms with Crippen molar-refractivity contribution in [2.75, 3.05) is 19.6 Å². The first-order valence-corrected chi connectivity index (χ1v) is 6.44. The van der Waals surface area contributed by atoms with E-state index in [9.17, 15) is 9.18 Å². The Balaban J connectivity index is 2.07. The lowest BCUT2D eigenvalue weighted by atomic mass is 10.1. The van der Waals surface area contributed by atoms with Gasteiger partial charge in [-0.1, -0.05) is 25.5 Å². The molecule has 1 aromatic rings. The van der Waals surface area contributed by atoms with Gasteiger partial charge in [-0.3, -0.25) is 4.79 Å². The number of rotatable bonds is 8. The van der Waals surface area contributed by atoms with Gasteiger partial charge in [0.05, 0.1) is 6.54 Å². The quantitative estimate of drug-likeness (QED) is 0.694. The Kier molecular flexibility index (Phi) is 7.03. The molecular formula is C14H21FN2O. The number of carbonyl (C=O) groups is 1. The summed E-state index contributed by atoms with van der Waals surface area (Å²) in [6, 6.07) is 6.43. The summed E-state index contributed by atoms with van der Waals surface area (Å²) >= 11 is 0. The van der Waals surface area contributed by atoms with E-state index in [4.69, 9.17) is 0 Å². The number of unbranched alkanes of at least 4 members (excludes halogenated alkanes) is 1. The first kappa shape index (κ1) is 14.6. The lowest BCUT2D eigenvalue weighted by molar-refractivity contribution is -0.120. The first-order chi connectivity index (χ1) is 8.72. The van der Waals surface area contributed by atoms with Crippen molar-refractivity contribution >= 4 is 5.91 Å². The van der Waals surface area contributed by atoms with Gasteiger partial charge in [0.15, 0.2) is 0 Å². The Hall–Kier alpha value is -1.42. The maximum absolute atomic E-state index is 12.7. The molecule has 0 unspecified atom stereocenters. The Bertz CT molecular complexity index is 351. The highest BCUT2D eigenvalue weighted by atomic mass is 19.1. The fraction of sp³-hybridized carbons (Fsp3) is 0.500. The molecule has 0 saturated heterocycles. The van der Waals surface area contributed by atoms with Gasteiger partial charge in [0.1, 0.15) is 5.82 Å². The zero-order chi connectivity index (χ0) is 13.2. The largest absolute Gasteiger partial charge is 0.355 e. The molecule has 0 aliphatic heterocycles. The van der Waals surface area contributed by atoms with Crippen LogP contribution in [-0.2, 0) is 11.2 Å². The van der Waals surface area contributed by atoms with Gasteiger partial charge in [-0.15, -0.1) is 0 Å². The van der Waals surface area contributed by atoms with Crippen LogP contribution in [0.15, 0.2) is 24.3 Å². The Morgan fingerprint density at radius 2 is 1.94 bits per heavy atom. The fourth-order valence-corrected chi connectivity index (χ4v) is 1.55. The zero-order valence-electron chi connectivity index (χ0n) is 10.8. The second-order valence-corrected chi connectivity index (χ2v) is 4.26. The summed E-state index contributed by atoms with van der Waals surface area (Å²) in [5.74, 6) is -0.190. The molecule has 18 heavy (non-hydrogen) atoms. The van der Waals surface area contributed by atoms with Crippen LogP contribution in [0.4, 0.5) is 4.39 Å². The molecule has 0 aliphatic rings. The van der Waals surface area contributed by atoms with Gasteiger partial charge < -0.3 is 10.6 Å². The normalized spacial score (nSPS) is 10.3. The average Bonchev–Trinajstić information content (AvgIpc) is 2.37. The zero-order valence-corrected chi connectivity index (χ0v) is 10.8. The van der Waals surface area contributed by atoms with Crippen LogP contribution in [0.1, 0.15) is 25.3 Å². The van der Waals surface area contributed by atoms with E-state index in [1.165, 1.54) is 12.1 Å². The summed E-state index contributed by atoms with van der Waals surface area (Å²) in [6.45, 7) is 3.89. The summed E-state index contributed by atoms with van der Waals surface area (Å²) in [5, 5.41) is 5.91. The summed E-state index contributed by atoms with van der Waals surface area (Å²) in [7, 11) is 0. The van der Waals surface area contributed by atoms with Crippen LogP contribution < -0.4 is 10.6 Å². The Labute approximate surface area is 108 Å². The van der Waals surface area contributed by atoms with E-state index in [-0.39, 0.29) is 11.7 Å². The molecule has 4 heteroatoms. The molecule has 1 rings (SSSR count).